The first-order valence-corrected chi connectivity index (χ1v) is 6.74. The first-order valence-electron chi connectivity index (χ1n) is 6.74. The summed E-state index contributed by atoms with van der Waals surface area (Å²) >= 11 is 0. The van der Waals surface area contributed by atoms with Gasteiger partial charge in [0, 0.05) is 32.3 Å². The molecular weight excluding hydrogens is 275 g/mol. The number of nitrogens with zero attached hydrogens (tertiary/aromatic N) is 1. The average molecular weight is 297 g/mol. The summed E-state index contributed by atoms with van der Waals surface area (Å²) in [5.74, 6) is 0.163. The third kappa shape index (κ3) is 6.95. The van der Waals surface area contributed by atoms with Gasteiger partial charge in [0.2, 0.25) is 0 Å². The van der Waals surface area contributed by atoms with Crippen LogP contribution in [0.4, 0.5) is 18.0 Å². The first-order chi connectivity index (χ1) is 9.30. The predicted octanol–water partition coefficient (Wildman–Crippen LogP) is 0.941. The number of hydrogen-bond acceptors (Lipinski definition) is 3. The smallest absolute Gasteiger partial charge is 0.396 e. The van der Waals surface area contributed by atoms with Crippen molar-refractivity contribution in [3.8, 4) is 0 Å². The molecule has 20 heavy (non-hydrogen) atoms. The van der Waals surface area contributed by atoms with Gasteiger partial charge in [-0.3, -0.25) is 4.90 Å². The van der Waals surface area contributed by atoms with Crippen LogP contribution in [0.25, 0.3) is 0 Å². The van der Waals surface area contributed by atoms with Crippen molar-refractivity contribution in [2.24, 2.45) is 5.92 Å². The van der Waals surface area contributed by atoms with E-state index in [9.17, 15) is 18.0 Å². The molecule has 0 radical (unpaired) electrons. The third-order valence-corrected chi connectivity index (χ3v) is 3.24. The van der Waals surface area contributed by atoms with E-state index in [2.05, 4.69) is 10.6 Å². The molecule has 5 nitrogen and oxygen atoms in total. The zero-order valence-electron chi connectivity index (χ0n) is 11.5. The molecule has 0 aromatic rings. The summed E-state index contributed by atoms with van der Waals surface area (Å²) in [6.07, 6.45) is -3.07. The molecule has 0 saturated carbocycles. The van der Waals surface area contributed by atoms with Crippen molar-refractivity contribution in [3.63, 3.8) is 0 Å². The summed E-state index contributed by atoms with van der Waals surface area (Å²) in [6, 6.07) is -0.612. The van der Waals surface area contributed by atoms with Gasteiger partial charge >= 0.3 is 12.2 Å². The van der Waals surface area contributed by atoms with Crippen LogP contribution in [0.15, 0.2) is 0 Å². The maximum absolute atomic E-state index is 12.2. The molecule has 0 aliphatic carbocycles. The van der Waals surface area contributed by atoms with Gasteiger partial charge < -0.3 is 15.7 Å². The summed E-state index contributed by atoms with van der Waals surface area (Å²) < 4.78 is 36.7. The van der Waals surface area contributed by atoms with Crippen LogP contribution in [-0.2, 0) is 0 Å². The molecule has 1 fully saturated rings. The van der Waals surface area contributed by atoms with Gasteiger partial charge in [-0.05, 0) is 18.8 Å². The number of amides is 2. The minimum atomic E-state index is -4.20. The van der Waals surface area contributed by atoms with Gasteiger partial charge in [0.05, 0.1) is 6.54 Å². The largest absolute Gasteiger partial charge is 0.401 e. The topological polar surface area (TPSA) is 64.6 Å². The van der Waals surface area contributed by atoms with Crippen molar-refractivity contribution in [1.82, 2.24) is 15.5 Å². The second-order valence-corrected chi connectivity index (χ2v) is 5.31. The average Bonchev–Trinajstić information content (AvgIpc) is 2.71. The van der Waals surface area contributed by atoms with Crippen LogP contribution in [-0.4, -0.2) is 61.0 Å². The molecule has 3 N–H and O–H groups in total. The fraction of sp³-hybridized carbons (Fsp3) is 0.917. The lowest BCUT2D eigenvalue weighted by Crippen LogP contribution is -2.45. The van der Waals surface area contributed by atoms with E-state index >= 15 is 0 Å². The number of carbonyl (C=O) groups is 1. The lowest BCUT2D eigenvalue weighted by Gasteiger charge is -2.18. The molecule has 0 aromatic carbocycles. The van der Waals surface area contributed by atoms with E-state index < -0.39 is 12.7 Å². The highest BCUT2D eigenvalue weighted by Crippen LogP contribution is 2.19. The highest BCUT2D eigenvalue weighted by molar-refractivity contribution is 5.74. The number of nitrogens with one attached hydrogen (secondary N) is 2. The molecular formula is C12H22F3N3O2. The van der Waals surface area contributed by atoms with Crippen LogP contribution < -0.4 is 10.6 Å². The van der Waals surface area contributed by atoms with Crippen LogP contribution >= 0.6 is 0 Å². The van der Waals surface area contributed by atoms with Crippen LogP contribution in [0.2, 0.25) is 0 Å². The van der Waals surface area contributed by atoms with Gasteiger partial charge in [0.15, 0.2) is 0 Å². The molecule has 2 atom stereocenters. The zero-order chi connectivity index (χ0) is 15.2. The fourth-order valence-corrected chi connectivity index (χ4v) is 2.17. The second kappa shape index (κ2) is 7.68. The predicted molar refractivity (Wildman–Crippen MR) is 68.3 cm³/mol. The summed E-state index contributed by atoms with van der Waals surface area (Å²) in [4.78, 5) is 12.9. The van der Waals surface area contributed by atoms with E-state index in [1.807, 2.05) is 6.92 Å². The van der Waals surface area contributed by atoms with E-state index in [0.717, 1.165) is 0 Å². The van der Waals surface area contributed by atoms with Crippen molar-refractivity contribution >= 4 is 6.03 Å². The fourth-order valence-electron chi connectivity index (χ4n) is 2.17. The molecule has 1 rings (SSSR count). The Hall–Kier alpha value is -1.02. The highest BCUT2D eigenvalue weighted by Gasteiger charge is 2.34. The third-order valence-electron chi connectivity index (χ3n) is 3.24. The zero-order valence-corrected chi connectivity index (χ0v) is 11.5. The van der Waals surface area contributed by atoms with Gasteiger partial charge in [-0.2, -0.15) is 13.2 Å². The number of aliphatic hydroxyl groups excluding tert-OH is 1. The summed E-state index contributed by atoms with van der Waals surface area (Å²) in [7, 11) is 0. The Balaban J connectivity index is 2.20. The second-order valence-electron chi connectivity index (χ2n) is 5.31. The SMILES string of the molecule is CC(CCO)CNC(=O)NC1CCN(CC(F)(F)F)C1. The molecule has 0 bridgehead atoms. The number of alkyl halides is 3. The molecule has 1 aliphatic heterocycles. The Morgan fingerprint density at radius 2 is 2.20 bits per heavy atom. The number of likely N-dealkylation sites (tertiary alicyclic amines) is 1. The number of hydrogen-bond donors (Lipinski definition) is 3. The molecule has 8 heteroatoms. The van der Waals surface area contributed by atoms with Crippen LogP contribution in [0.3, 0.4) is 0 Å². The van der Waals surface area contributed by atoms with Crippen LogP contribution in [0.1, 0.15) is 19.8 Å². The van der Waals surface area contributed by atoms with Gasteiger partial charge in [-0.1, -0.05) is 6.92 Å². The molecule has 1 aliphatic rings. The Bertz CT molecular complexity index is 313. The van der Waals surface area contributed by atoms with E-state index in [1.165, 1.54) is 4.90 Å². The van der Waals surface area contributed by atoms with E-state index in [-0.39, 0.29) is 31.1 Å². The van der Waals surface area contributed by atoms with Crippen molar-refractivity contribution < 1.29 is 23.1 Å². The molecule has 2 unspecified atom stereocenters. The minimum Gasteiger partial charge on any atom is -0.396 e. The molecule has 118 valence electrons. The molecule has 0 spiro atoms. The van der Waals surface area contributed by atoms with Gasteiger partial charge in [-0.25, -0.2) is 4.79 Å². The Kier molecular flexibility index (Phi) is 6.54. The summed E-state index contributed by atoms with van der Waals surface area (Å²) in [5.41, 5.74) is 0. The standard InChI is InChI=1S/C12H22F3N3O2/c1-9(3-5-19)6-16-11(20)17-10-2-4-18(7-10)8-12(13,14)15/h9-10,19H,2-8H2,1H3,(H2,16,17,20). The van der Waals surface area contributed by atoms with Crippen molar-refractivity contribution in [1.29, 1.82) is 0 Å². The molecule has 2 amide bonds. The Morgan fingerprint density at radius 1 is 1.50 bits per heavy atom. The van der Waals surface area contributed by atoms with E-state index in [0.29, 0.717) is 25.9 Å². The number of rotatable bonds is 6. The van der Waals surface area contributed by atoms with Crippen LogP contribution in [0, 0.1) is 5.92 Å². The first kappa shape index (κ1) is 17.0. The van der Waals surface area contributed by atoms with E-state index in [4.69, 9.17) is 5.11 Å². The Morgan fingerprint density at radius 3 is 2.80 bits per heavy atom. The number of aliphatic hydroxyl groups is 1. The summed E-state index contributed by atoms with van der Waals surface area (Å²) in [6.45, 7) is 2.03. The normalized spacial score (nSPS) is 21.8. The number of urea groups is 1. The Labute approximate surface area is 116 Å². The van der Waals surface area contributed by atoms with Gasteiger partial charge in [0.1, 0.15) is 0 Å². The molecule has 1 saturated heterocycles. The quantitative estimate of drug-likeness (QED) is 0.684. The highest BCUT2D eigenvalue weighted by atomic mass is 19.4. The maximum atomic E-state index is 12.2. The van der Waals surface area contributed by atoms with Crippen molar-refractivity contribution in [2.75, 3.05) is 32.8 Å². The minimum absolute atomic E-state index is 0.0689. The van der Waals surface area contributed by atoms with Crippen molar-refractivity contribution in [3.05, 3.63) is 0 Å². The van der Waals surface area contributed by atoms with E-state index in [1.54, 1.807) is 0 Å². The summed E-state index contributed by atoms with van der Waals surface area (Å²) in [5, 5.41) is 14.1. The van der Waals surface area contributed by atoms with Crippen LogP contribution in [0.5, 0.6) is 0 Å². The molecule has 1 heterocycles. The maximum Gasteiger partial charge on any atom is 0.401 e. The lowest BCUT2D eigenvalue weighted by atomic mass is 10.1. The molecule has 0 aromatic heterocycles. The van der Waals surface area contributed by atoms with Crippen molar-refractivity contribution in [2.45, 2.75) is 32.0 Å². The van der Waals surface area contributed by atoms with Gasteiger partial charge in [0.25, 0.3) is 0 Å². The number of halogens is 3. The lowest BCUT2D eigenvalue weighted by molar-refractivity contribution is -0.143. The monoisotopic (exact) mass is 297 g/mol. The van der Waals surface area contributed by atoms with Gasteiger partial charge in [-0.15, -0.1) is 0 Å². The number of carbonyl (C=O) groups excluding carboxylic acids is 1.